The monoisotopic (exact) mass is 218 g/mol. The first-order valence-corrected chi connectivity index (χ1v) is 4.51. The molecule has 8 nitrogen and oxygen atoms in total. The number of rotatable bonds is 3. The second-order valence-corrected chi connectivity index (χ2v) is 2.89. The van der Waals surface area contributed by atoms with Crippen LogP contribution < -0.4 is 16.8 Å². The predicted molar refractivity (Wildman–Crippen MR) is 58.0 cm³/mol. The molecule has 0 unspecified atom stereocenters. The first-order chi connectivity index (χ1) is 7.74. The highest BCUT2D eigenvalue weighted by molar-refractivity contribution is 5.36. The number of nitrogens with one attached hydrogen (secondary N) is 1. The molecule has 0 amide bonds. The van der Waals surface area contributed by atoms with Gasteiger partial charge in [0.05, 0.1) is 6.54 Å². The summed E-state index contributed by atoms with van der Waals surface area (Å²) in [5.74, 6) is 1.07. The Balaban J connectivity index is 2.05. The number of aromatic nitrogens is 5. The van der Waals surface area contributed by atoms with Gasteiger partial charge in [-0.25, -0.2) is 9.97 Å². The fraction of sp³-hybridized carbons (Fsp3) is 0.125. The number of anilines is 3. The van der Waals surface area contributed by atoms with Gasteiger partial charge in [0.2, 0.25) is 17.8 Å². The van der Waals surface area contributed by atoms with E-state index in [2.05, 4.69) is 30.2 Å². The minimum Gasteiger partial charge on any atom is -0.368 e. The Hall–Kier alpha value is -2.51. The van der Waals surface area contributed by atoms with Gasteiger partial charge in [-0.2, -0.15) is 15.0 Å². The van der Waals surface area contributed by atoms with Crippen LogP contribution >= 0.6 is 0 Å². The molecule has 0 aromatic carbocycles. The van der Waals surface area contributed by atoms with Gasteiger partial charge in [0.1, 0.15) is 5.82 Å². The third-order valence-corrected chi connectivity index (χ3v) is 1.69. The van der Waals surface area contributed by atoms with E-state index in [-0.39, 0.29) is 11.9 Å². The van der Waals surface area contributed by atoms with Gasteiger partial charge in [-0.05, 0) is 6.07 Å². The molecule has 2 aromatic heterocycles. The lowest BCUT2D eigenvalue weighted by molar-refractivity contribution is 0.924. The van der Waals surface area contributed by atoms with Crippen molar-refractivity contribution >= 4 is 17.8 Å². The molecule has 8 heteroatoms. The fourth-order valence-corrected chi connectivity index (χ4v) is 1.07. The lowest BCUT2D eigenvalue weighted by atomic mass is 10.5. The summed E-state index contributed by atoms with van der Waals surface area (Å²) < 4.78 is 0. The summed E-state index contributed by atoms with van der Waals surface area (Å²) in [6, 6.07) is 1.74. The van der Waals surface area contributed by atoms with Gasteiger partial charge in [-0.3, -0.25) is 0 Å². The summed E-state index contributed by atoms with van der Waals surface area (Å²) in [5.41, 5.74) is 10.8. The smallest absolute Gasteiger partial charge is 0.229 e. The van der Waals surface area contributed by atoms with Gasteiger partial charge in [-0.1, -0.05) is 0 Å². The van der Waals surface area contributed by atoms with Gasteiger partial charge in [0, 0.05) is 12.4 Å². The second-order valence-electron chi connectivity index (χ2n) is 2.89. The van der Waals surface area contributed by atoms with Crippen LogP contribution in [-0.4, -0.2) is 24.9 Å². The second kappa shape index (κ2) is 4.34. The van der Waals surface area contributed by atoms with Gasteiger partial charge in [0.25, 0.3) is 0 Å². The maximum atomic E-state index is 5.41. The Morgan fingerprint density at radius 2 is 1.62 bits per heavy atom. The third-order valence-electron chi connectivity index (χ3n) is 1.69. The zero-order valence-electron chi connectivity index (χ0n) is 8.33. The molecule has 0 aliphatic rings. The first-order valence-electron chi connectivity index (χ1n) is 4.51. The van der Waals surface area contributed by atoms with E-state index in [0.717, 1.165) is 0 Å². The summed E-state index contributed by atoms with van der Waals surface area (Å²) >= 11 is 0. The van der Waals surface area contributed by atoms with E-state index >= 15 is 0 Å². The molecule has 82 valence electrons. The predicted octanol–water partition coefficient (Wildman–Crippen LogP) is -0.562. The Labute approximate surface area is 91.2 Å². The molecule has 0 fully saturated rings. The molecule has 2 heterocycles. The molecule has 0 radical (unpaired) electrons. The molecular formula is C8H10N8. The molecule has 0 spiro atoms. The zero-order chi connectivity index (χ0) is 11.4. The van der Waals surface area contributed by atoms with Gasteiger partial charge >= 0.3 is 0 Å². The molecule has 5 N–H and O–H groups in total. The van der Waals surface area contributed by atoms with Crippen molar-refractivity contribution < 1.29 is 0 Å². The number of nitrogens with zero attached hydrogens (tertiary/aromatic N) is 5. The maximum Gasteiger partial charge on any atom is 0.229 e. The minimum atomic E-state index is 0.0731. The Kier molecular flexibility index (Phi) is 2.72. The van der Waals surface area contributed by atoms with Crippen LogP contribution in [0.2, 0.25) is 0 Å². The Bertz CT molecular complexity index is 450. The lowest BCUT2D eigenvalue weighted by Crippen LogP contribution is -2.10. The van der Waals surface area contributed by atoms with Crippen LogP contribution in [-0.2, 0) is 6.54 Å². The minimum absolute atomic E-state index is 0.0731. The topological polar surface area (TPSA) is 129 Å². The highest BCUT2D eigenvalue weighted by Gasteiger charge is 2.01. The van der Waals surface area contributed by atoms with Crippen LogP contribution in [0.15, 0.2) is 18.5 Å². The molecule has 0 aliphatic carbocycles. The number of hydrogen-bond acceptors (Lipinski definition) is 8. The molecule has 2 rings (SSSR count). The average molecular weight is 218 g/mol. The fourth-order valence-electron chi connectivity index (χ4n) is 1.07. The number of nitrogens with two attached hydrogens (primary N) is 2. The molecular weight excluding hydrogens is 208 g/mol. The van der Waals surface area contributed by atoms with Crippen LogP contribution in [0.4, 0.5) is 17.8 Å². The number of hydrogen-bond donors (Lipinski definition) is 3. The SMILES string of the molecule is Nc1nc(N)nc(NCc2ncccn2)n1. The van der Waals surface area contributed by atoms with Crippen molar-refractivity contribution in [3.05, 3.63) is 24.3 Å². The molecule has 0 bridgehead atoms. The van der Waals surface area contributed by atoms with E-state index in [9.17, 15) is 0 Å². The average Bonchev–Trinajstić information content (AvgIpc) is 2.27. The molecule has 0 atom stereocenters. The van der Waals surface area contributed by atoms with Gasteiger partial charge < -0.3 is 16.8 Å². The molecule has 0 saturated carbocycles. The lowest BCUT2D eigenvalue weighted by Gasteiger charge is -2.04. The van der Waals surface area contributed by atoms with E-state index in [1.54, 1.807) is 18.5 Å². The summed E-state index contributed by atoms with van der Waals surface area (Å²) in [6.45, 7) is 0.393. The van der Waals surface area contributed by atoms with Gasteiger partial charge in [0.15, 0.2) is 0 Å². The van der Waals surface area contributed by atoms with Gasteiger partial charge in [-0.15, -0.1) is 0 Å². The van der Waals surface area contributed by atoms with E-state index in [1.807, 2.05) is 0 Å². The van der Waals surface area contributed by atoms with E-state index < -0.39 is 0 Å². The van der Waals surface area contributed by atoms with Crippen molar-refractivity contribution in [2.24, 2.45) is 0 Å². The highest BCUT2D eigenvalue weighted by atomic mass is 15.2. The quantitative estimate of drug-likeness (QED) is 0.625. The van der Waals surface area contributed by atoms with E-state index in [1.165, 1.54) is 0 Å². The largest absolute Gasteiger partial charge is 0.368 e. The summed E-state index contributed by atoms with van der Waals surface area (Å²) in [4.78, 5) is 19.4. The van der Waals surface area contributed by atoms with Crippen LogP contribution in [0.5, 0.6) is 0 Å². The standard InChI is InChI=1S/C8H10N8/c9-6-14-7(10)16-8(15-6)13-4-5-11-2-1-3-12-5/h1-3H,4H2,(H5,9,10,13,14,15,16). The first kappa shape index (κ1) is 10.0. The Morgan fingerprint density at radius 3 is 2.25 bits per heavy atom. The van der Waals surface area contributed by atoms with Crippen molar-refractivity contribution in [1.82, 2.24) is 24.9 Å². The summed E-state index contributed by atoms with van der Waals surface area (Å²) in [6.07, 6.45) is 3.31. The summed E-state index contributed by atoms with van der Waals surface area (Å²) in [5, 5.41) is 2.90. The number of nitrogen functional groups attached to an aromatic ring is 2. The molecule has 0 aliphatic heterocycles. The molecule has 16 heavy (non-hydrogen) atoms. The van der Waals surface area contributed by atoms with Crippen molar-refractivity contribution in [2.75, 3.05) is 16.8 Å². The van der Waals surface area contributed by atoms with Crippen LogP contribution in [0, 0.1) is 0 Å². The van der Waals surface area contributed by atoms with Crippen molar-refractivity contribution in [3.63, 3.8) is 0 Å². The van der Waals surface area contributed by atoms with Crippen molar-refractivity contribution in [2.45, 2.75) is 6.54 Å². The maximum absolute atomic E-state index is 5.41. The van der Waals surface area contributed by atoms with E-state index in [4.69, 9.17) is 11.5 Å². The van der Waals surface area contributed by atoms with Crippen LogP contribution in [0.25, 0.3) is 0 Å². The normalized spacial score (nSPS) is 10.0. The zero-order valence-corrected chi connectivity index (χ0v) is 8.33. The molecule has 0 saturated heterocycles. The summed E-state index contributed by atoms with van der Waals surface area (Å²) in [7, 11) is 0. The van der Waals surface area contributed by atoms with Crippen molar-refractivity contribution in [1.29, 1.82) is 0 Å². The highest BCUT2D eigenvalue weighted by Crippen LogP contribution is 2.04. The van der Waals surface area contributed by atoms with Crippen molar-refractivity contribution in [3.8, 4) is 0 Å². The molecule has 2 aromatic rings. The van der Waals surface area contributed by atoms with E-state index in [0.29, 0.717) is 18.3 Å². The van der Waals surface area contributed by atoms with Crippen LogP contribution in [0.1, 0.15) is 5.82 Å². The third kappa shape index (κ3) is 2.50. The van der Waals surface area contributed by atoms with Crippen LogP contribution in [0.3, 0.4) is 0 Å². The Morgan fingerprint density at radius 1 is 1.00 bits per heavy atom.